The number of piperidine rings is 1. The third-order valence-corrected chi connectivity index (χ3v) is 4.46. The number of likely N-dealkylation sites (tertiary alicyclic amines) is 1. The summed E-state index contributed by atoms with van der Waals surface area (Å²) >= 11 is 3.12. The zero-order valence-corrected chi connectivity index (χ0v) is 10.9. The van der Waals surface area contributed by atoms with Gasteiger partial charge in [0.05, 0.1) is 10.0 Å². The molecule has 1 aromatic rings. The van der Waals surface area contributed by atoms with E-state index in [-0.39, 0.29) is 11.5 Å². The SMILES string of the molecule is O=C(c1cccc(Br)c1F)N1CC2CCC1C2. The average Bonchev–Trinajstić information content (AvgIpc) is 2.94. The number of hydrogen-bond donors (Lipinski definition) is 0. The van der Waals surface area contributed by atoms with Gasteiger partial charge in [0, 0.05) is 12.6 Å². The number of rotatable bonds is 1. The van der Waals surface area contributed by atoms with Gasteiger partial charge in [-0.1, -0.05) is 6.07 Å². The van der Waals surface area contributed by atoms with Crippen molar-refractivity contribution in [3.05, 3.63) is 34.1 Å². The Labute approximate surface area is 108 Å². The third-order valence-electron chi connectivity index (χ3n) is 3.85. The van der Waals surface area contributed by atoms with E-state index in [9.17, 15) is 9.18 Å². The summed E-state index contributed by atoms with van der Waals surface area (Å²) in [5.74, 6) is 0.0374. The number of halogens is 2. The number of amides is 1. The van der Waals surface area contributed by atoms with Crippen LogP contribution in [0.3, 0.4) is 0 Å². The lowest BCUT2D eigenvalue weighted by atomic mass is 10.1. The van der Waals surface area contributed by atoms with Crippen molar-refractivity contribution in [3.8, 4) is 0 Å². The molecule has 4 heteroatoms. The molecule has 1 aliphatic heterocycles. The molecule has 2 bridgehead atoms. The smallest absolute Gasteiger partial charge is 0.257 e. The molecule has 1 saturated carbocycles. The average molecular weight is 298 g/mol. The molecular formula is C13H13BrFNO. The van der Waals surface area contributed by atoms with Gasteiger partial charge in [-0.05, 0) is 53.2 Å². The number of carbonyl (C=O) groups excluding carboxylic acids is 1. The maximum absolute atomic E-state index is 13.9. The normalized spacial score (nSPS) is 26.6. The lowest BCUT2D eigenvalue weighted by Crippen LogP contribution is -2.38. The van der Waals surface area contributed by atoms with Crippen LogP contribution in [-0.2, 0) is 0 Å². The van der Waals surface area contributed by atoms with Crippen molar-refractivity contribution in [2.24, 2.45) is 5.92 Å². The zero-order chi connectivity index (χ0) is 12.0. The fraction of sp³-hybridized carbons (Fsp3) is 0.462. The van der Waals surface area contributed by atoms with Gasteiger partial charge >= 0.3 is 0 Å². The number of fused-ring (bicyclic) bond motifs is 2. The highest BCUT2D eigenvalue weighted by molar-refractivity contribution is 9.10. The minimum atomic E-state index is -0.444. The first-order valence-electron chi connectivity index (χ1n) is 5.92. The number of nitrogens with zero attached hydrogens (tertiary/aromatic N) is 1. The number of carbonyl (C=O) groups is 1. The van der Waals surface area contributed by atoms with E-state index < -0.39 is 5.82 Å². The fourth-order valence-electron chi connectivity index (χ4n) is 3.00. The largest absolute Gasteiger partial charge is 0.335 e. The molecule has 90 valence electrons. The Morgan fingerprint density at radius 2 is 2.24 bits per heavy atom. The summed E-state index contributed by atoms with van der Waals surface area (Å²) < 4.78 is 14.2. The van der Waals surface area contributed by atoms with Crippen molar-refractivity contribution in [1.29, 1.82) is 0 Å². The van der Waals surface area contributed by atoms with Crippen LogP contribution in [0.25, 0.3) is 0 Å². The van der Waals surface area contributed by atoms with Crippen molar-refractivity contribution >= 4 is 21.8 Å². The van der Waals surface area contributed by atoms with Crippen LogP contribution in [0.5, 0.6) is 0 Å². The highest BCUT2D eigenvalue weighted by atomic mass is 79.9. The fourth-order valence-corrected chi connectivity index (χ4v) is 3.36. The first kappa shape index (κ1) is 11.2. The maximum atomic E-state index is 13.9. The highest BCUT2D eigenvalue weighted by Crippen LogP contribution is 2.38. The van der Waals surface area contributed by atoms with Gasteiger partial charge in [-0.2, -0.15) is 0 Å². The molecule has 1 aliphatic carbocycles. The van der Waals surface area contributed by atoms with E-state index >= 15 is 0 Å². The molecule has 2 fully saturated rings. The van der Waals surface area contributed by atoms with E-state index in [1.54, 1.807) is 18.2 Å². The molecule has 2 unspecified atom stereocenters. The summed E-state index contributed by atoms with van der Waals surface area (Å²) in [4.78, 5) is 14.1. The zero-order valence-electron chi connectivity index (χ0n) is 9.33. The maximum Gasteiger partial charge on any atom is 0.257 e. The number of benzene rings is 1. The Morgan fingerprint density at radius 3 is 2.88 bits per heavy atom. The van der Waals surface area contributed by atoms with Crippen LogP contribution >= 0.6 is 15.9 Å². The minimum Gasteiger partial charge on any atom is -0.335 e. The molecule has 2 aliphatic rings. The van der Waals surface area contributed by atoms with Gasteiger partial charge in [0.2, 0.25) is 0 Å². The Bertz CT molecular complexity index is 476. The second-order valence-electron chi connectivity index (χ2n) is 4.89. The lowest BCUT2D eigenvalue weighted by Gasteiger charge is -2.27. The van der Waals surface area contributed by atoms with Gasteiger partial charge in [0.25, 0.3) is 5.91 Å². The first-order valence-corrected chi connectivity index (χ1v) is 6.71. The van der Waals surface area contributed by atoms with E-state index in [0.717, 1.165) is 19.4 Å². The van der Waals surface area contributed by atoms with E-state index in [0.29, 0.717) is 16.4 Å². The quantitative estimate of drug-likeness (QED) is 0.779. The van der Waals surface area contributed by atoms with Gasteiger partial charge < -0.3 is 4.90 Å². The molecule has 17 heavy (non-hydrogen) atoms. The lowest BCUT2D eigenvalue weighted by molar-refractivity contribution is 0.0698. The van der Waals surface area contributed by atoms with Gasteiger partial charge in [0.1, 0.15) is 5.82 Å². The Morgan fingerprint density at radius 1 is 1.41 bits per heavy atom. The minimum absolute atomic E-state index is 0.156. The van der Waals surface area contributed by atoms with E-state index in [4.69, 9.17) is 0 Å². The third kappa shape index (κ3) is 1.79. The van der Waals surface area contributed by atoms with Crippen molar-refractivity contribution in [2.45, 2.75) is 25.3 Å². The summed E-state index contributed by atoms with van der Waals surface area (Å²) in [7, 11) is 0. The standard InChI is InChI=1S/C13H13BrFNO/c14-11-3-1-2-10(12(11)15)13(17)16-7-8-4-5-9(16)6-8/h1-3,8-9H,4-7H2. The van der Waals surface area contributed by atoms with Crippen molar-refractivity contribution < 1.29 is 9.18 Å². The molecule has 1 heterocycles. The molecule has 0 N–H and O–H groups in total. The first-order chi connectivity index (χ1) is 8.16. The molecule has 1 aromatic carbocycles. The van der Waals surface area contributed by atoms with Crippen molar-refractivity contribution in [1.82, 2.24) is 4.90 Å². The van der Waals surface area contributed by atoms with E-state index in [1.807, 2.05) is 4.90 Å². The predicted molar refractivity (Wildman–Crippen MR) is 66.3 cm³/mol. The predicted octanol–water partition coefficient (Wildman–Crippen LogP) is 3.21. The van der Waals surface area contributed by atoms with Crippen LogP contribution in [0, 0.1) is 11.7 Å². The second kappa shape index (κ2) is 4.09. The molecule has 0 radical (unpaired) electrons. The van der Waals surface area contributed by atoms with Gasteiger partial charge in [-0.15, -0.1) is 0 Å². The molecule has 0 spiro atoms. The summed E-state index contributed by atoms with van der Waals surface area (Å²) in [5, 5.41) is 0. The van der Waals surface area contributed by atoms with Crippen LogP contribution in [0.2, 0.25) is 0 Å². The Kier molecular flexibility index (Phi) is 2.69. The highest BCUT2D eigenvalue weighted by Gasteiger charge is 2.40. The molecule has 2 nitrogen and oxygen atoms in total. The van der Waals surface area contributed by atoms with Gasteiger partial charge in [-0.3, -0.25) is 4.79 Å². The molecular weight excluding hydrogens is 285 g/mol. The summed E-state index contributed by atoms with van der Waals surface area (Å²) in [6.45, 7) is 0.801. The monoisotopic (exact) mass is 297 g/mol. The van der Waals surface area contributed by atoms with Crippen molar-refractivity contribution in [2.75, 3.05) is 6.54 Å². The molecule has 1 amide bonds. The van der Waals surface area contributed by atoms with Gasteiger partial charge in [0.15, 0.2) is 0 Å². The molecule has 3 rings (SSSR count). The van der Waals surface area contributed by atoms with E-state index in [1.165, 1.54) is 6.42 Å². The Balaban J connectivity index is 1.89. The molecule has 1 saturated heterocycles. The van der Waals surface area contributed by atoms with Crippen LogP contribution in [-0.4, -0.2) is 23.4 Å². The van der Waals surface area contributed by atoms with Crippen molar-refractivity contribution in [3.63, 3.8) is 0 Å². The Hall–Kier alpha value is -0.900. The molecule has 2 atom stereocenters. The second-order valence-corrected chi connectivity index (χ2v) is 5.75. The van der Waals surface area contributed by atoms with Crippen LogP contribution in [0.4, 0.5) is 4.39 Å². The summed E-state index contributed by atoms with van der Waals surface area (Å²) in [6, 6.07) is 5.22. The van der Waals surface area contributed by atoms with Gasteiger partial charge in [-0.25, -0.2) is 4.39 Å². The molecule has 0 aromatic heterocycles. The summed E-state index contributed by atoms with van der Waals surface area (Å²) in [5.41, 5.74) is 0.187. The summed E-state index contributed by atoms with van der Waals surface area (Å²) in [6.07, 6.45) is 3.39. The number of hydrogen-bond acceptors (Lipinski definition) is 1. The van der Waals surface area contributed by atoms with Crippen LogP contribution in [0.1, 0.15) is 29.6 Å². The van der Waals surface area contributed by atoms with Crippen LogP contribution < -0.4 is 0 Å². The topological polar surface area (TPSA) is 20.3 Å². The van der Waals surface area contributed by atoms with E-state index in [2.05, 4.69) is 15.9 Å². The van der Waals surface area contributed by atoms with Crippen LogP contribution in [0.15, 0.2) is 22.7 Å².